The average Bonchev–Trinajstić information content (AvgIpc) is 2.40. The van der Waals surface area contributed by atoms with Crippen molar-refractivity contribution in [3.63, 3.8) is 0 Å². The fourth-order valence-corrected chi connectivity index (χ4v) is 2.83. The molecule has 1 aliphatic heterocycles. The number of nitrogens with one attached hydrogen (secondary N) is 1. The van der Waals surface area contributed by atoms with Gasteiger partial charge in [0, 0.05) is 5.54 Å². The highest BCUT2D eigenvalue weighted by molar-refractivity contribution is 5.69. The maximum absolute atomic E-state index is 11.0. The van der Waals surface area contributed by atoms with Crippen LogP contribution in [0.3, 0.4) is 0 Å². The summed E-state index contributed by atoms with van der Waals surface area (Å²) >= 11 is 0. The van der Waals surface area contributed by atoms with Gasteiger partial charge in [-0.3, -0.25) is 9.69 Å². The number of nitrogens with zero attached hydrogens (tertiary/aromatic N) is 1. The molecule has 0 aliphatic carbocycles. The quantitative estimate of drug-likeness (QED) is 0.843. The van der Waals surface area contributed by atoms with Crippen LogP contribution in [-0.4, -0.2) is 42.7 Å². The first kappa shape index (κ1) is 13.1. The summed E-state index contributed by atoms with van der Waals surface area (Å²) < 4.78 is 0. The zero-order chi connectivity index (χ0) is 13.0. The lowest BCUT2D eigenvalue weighted by atomic mass is 9.80. The Kier molecular flexibility index (Phi) is 3.99. The van der Waals surface area contributed by atoms with Gasteiger partial charge in [0.15, 0.2) is 0 Å². The lowest BCUT2D eigenvalue weighted by molar-refractivity contribution is -0.140. The van der Waals surface area contributed by atoms with Crippen molar-refractivity contribution < 1.29 is 9.90 Å². The smallest absolute Gasteiger partial charge is 0.317 e. The Morgan fingerprint density at radius 2 is 1.94 bits per heavy atom. The number of aliphatic carboxylic acids is 1. The number of hydrogen-bond donors (Lipinski definition) is 2. The molecule has 2 rings (SSSR count). The van der Waals surface area contributed by atoms with Gasteiger partial charge in [-0.05, 0) is 38.5 Å². The molecule has 0 spiro atoms. The van der Waals surface area contributed by atoms with Crippen molar-refractivity contribution in [2.45, 2.75) is 18.4 Å². The molecular formula is C14H20N2O2. The standard InChI is InChI=1S/C14H20N2O2/c1-16(11-13(17)18)14(7-9-15-10-8-14)12-5-3-2-4-6-12/h2-6,15H,7-11H2,1H3,(H,17,18). The number of carboxylic acid groups (broad SMARTS) is 1. The maximum atomic E-state index is 11.0. The van der Waals surface area contributed by atoms with Gasteiger partial charge in [0.2, 0.25) is 0 Å². The summed E-state index contributed by atoms with van der Waals surface area (Å²) in [6.45, 7) is 1.94. The minimum atomic E-state index is -0.772. The third kappa shape index (κ3) is 2.54. The Bertz CT molecular complexity index is 400. The molecule has 0 bridgehead atoms. The van der Waals surface area contributed by atoms with E-state index in [1.165, 1.54) is 5.56 Å². The number of piperidine rings is 1. The Balaban J connectivity index is 2.31. The molecule has 0 unspecified atom stereocenters. The van der Waals surface area contributed by atoms with Crippen LogP contribution in [-0.2, 0) is 10.3 Å². The Labute approximate surface area is 108 Å². The van der Waals surface area contributed by atoms with E-state index in [4.69, 9.17) is 5.11 Å². The molecular weight excluding hydrogens is 228 g/mol. The topological polar surface area (TPSA) is 52.6 Å². The molecule has 1 aliphatic rings. The number of benzene rings is 1. The molecule has 1 fully saturated rings. The summed E-state index contributed by atoms with van der Waals surface area (Å²) in [6, 6.07) is 10.2. The lowest BCUT2D eigenvalue weighted by Gasteiger charge is -2.44. The first-order chi connectivity index (χ1) is 8.65. The highest BCUT2D eigenvalue weighted by Crippen LogP contribution is 2.35. The number of carboxylic acids is 1. The van der Waals surface area contributed by atoms with E-state index in [1.807, 2.05) is 30.1 Å². The monoisotopic (exact) mass is 248 g/mol. The van der Waals surface area contributed by atoms with Gasteiger partial charge in [-0.15, -0.1) is 0 Å². The number of carbonyl (C=O) groups is 1. The van der Waals surface area contributed by atoms with Crippen LogP contribution in [0, 0.1) is 0 Å². The van der Waals surface area contributed by atoms with Gasteiger partial charge < -0.3 is 10.4 Å². The second kappa shape index (κ2) is 5.50. The lowest BCUT2D eigenvalue weighted by Crippen LogP contribution is -2.52. The van der Waals surface area contributed by atoms with Crippen LogP contribution in [0.15, 0.2) is 30.3 Å². The molecule has 0 radical (unpaired) electrons. The molecule has 1 saturated heterocycles. The van der Waals surface area contributed by atoms with E-state index in [2.05, 4.69) is 17.4 Å². The summed E-state index contributed by atoms with van der Waals surface area (Å²) in [5.41, 5.74) is 1.07. The van der Waals surface area contributed by atoms with Gasteiger partial charge in [0.05, 0.1) is 6.54 Å². The summed E-state index contributed by atoms with van der Waals surface area (Å²) in [5.74, 6) is -0.772. The van der Waals surface area contributed by atoms with Crippen molar-refractivity contribution in [3.05, 3.63) is 35.9 Å². The normalized spacial score (nSPS) is 18.8. The van der Waals surface area contributed by atoms with Gasteiger partial charge in [-0.2, -0.15) is 0 Å². The van der Waals surface area contributed by atoms with Crippen LogP contribution in [0.1, 0.15) is 18.4 Å². The van der Waals surface area contributed by atoms with E-state index in [0.29, 0.717) is 0 Å². The van der Waals surface area contributed by atoms with Gasteiger partial charge in [-0.25, -0.2) is 0 Å². The molecule has 4 heteroatoms. The van der Waals surface area contributed by atoms with E-state index in [0.717, 1.165) is 25.9 Å². The molecule has 0 amide bonds. The Morgan fingerprint density at radius 3 is 2.50 bits per heavy atom. The molecule has 0 aromatic heterocycles. The highest BCUT2D eigenvalue weighted by Gasteiger charge is 2.38. The molecule has 2 N–H and O–H groups in total. The highest BCUT2D eigenvalue weighted by atomic mass is 16.4. The predicted molar refractivity (Wildman–Crippen MR) is 70.5 cm³/mol. The van der Waals surface area contributed by atoms with Gasteiger partial charge in [0.1, 0.15) is 0 Å². The van der Waals surface area contributed by atoms with Crippen LogP contribution in [0.25, 0.3) is 0 Å². The Hall–Kier alpha value is -1.39. The van der Waals surface area contributed by atoms with E-state index in [1.54, 1.807) is 0 Å². The molecule has 0 atom stereocenters. The fourth-order valence-electron chi connectivity index (χ4n) is 2.83. The van der Waals surface area contributed by atoms with Crippen LogP contribution in [0.5, 0.6) is 0 Å². The third-order valence-electron chi connectivity index (χ3n) is 3.84. The molecule has 0 saturated carbocycles. The zero-order valence-corrected chi connectivity index (χ0v) is 10.7. The first-order valence-corrected chi connectivity index (χ1v) is 6.34. The molecule has 18 heavy (non-hydrogen) atoms. The van der Waals surface area contributed by atoms with Gasteiger partial charge >= 0.3 is 5.97 Å². The second-order valence-electron chi connectivity index (χ2n) is 4.90. The minimum Gasteiger partial charge on any atom is -0.480 e. The van der Waals surface area contributed by atoms with Gasteiger partial charge in [0.25, 0.3) is 0 Å². The molecule has 1 aromatic carbocycles. The summed E-state index contributed by atoms with van der Waals surface area (Å²) in [7, 11) is 1.91. The van der Waals surface area contributed by atoms with E-state index >= 15 is 0 Å². The van der Waals surface area contributed by atoms with Crippen LogP contribution in [0.2, 0.25) is 0 Å². The van der Waals surface area contributed by atoms with Crippen molar-refractivity contribution in [2.75, 3.05) is 26.7 Å². The Morgan fingerprint density at radius 1 is 1.33 bits per heavy atom. The van der Waals surface area contributed by atoms with Crippen molar-refractivity contribution in [1.82, 2.24) is 10.2 Å². The third-order valence-corrected chi connectivity index (χ3v) is 3.84. The fraction of sp³-hybridized carbons (Fsp3) is 0.500. The number of rotatable bonds is 4. The molecule has 4 nitrogen and oxygen atoms in total. The molecule has 1 heterocycles. The summed E-state index contributed by atoms with van der Waals surface area (Å²) in [4.78, 5) is 12.9. The van der Waals surface area contributed by atoms with Crippen molar-refractivity contribution in [3.8, 4) is 0 Å². The van der Waals surface area contributed by atoms with Crippen molar-refractivity contribution >= 4 is 5.97 Å². The first-order valence-electron chi connectivity index (χ1n) is 6.34. The van der Waals surface area contributed by atoms with E-state index < -0.39 is 5.97 Å². The van der Waals surface area contributed by atoms with E-state index in [9.17, 15) is 4.79 Å². The predicted octanol–water partition coefficient (Wildman–Crippen LogP) is 1.28. The van der Waals surface area contributed by atoms with Crippen LogP contribution < -0.4 is 5.32 Å². The van der Waals surface area contributed by atoms with Crippen LogP contribution in [0.4, 0.5) is 0 Å². The van der Waals surface area contributed by atoms with Crippen molar-refractivity contribution in [1.29, 1.82) is 0 Å². The zero-order valence-electron chi connectivity index (χ0n) is 10.7. The van der Waals surface area contributed by atoms with Gasteiger partial charge in [-0.1, -0.05) is 30.3 Å². The maximum Gasteiger partial charge on any atom is 0.317 e. The van der Waals surface area contributed by atoms with E-state index in [-0.39, 0.29) is 12.1 Å². The second-order valence-corrected chi connectivity index (χ2v) is 4.90. The summed E-state index contributed by atoms with van der Waals surface area (Å²) in [5, 5.41) is 12.4. The SMILES string of the molecule is CN(CC(=O)O)C1(c2ccccc2)CCNCC1. The minimum absolute atomic E-state index is 0.0783. The number of hydrogen-bond acceptors (Lipinski definition) is 3. The van der Waals surface area contributed by atoms with Crippen molar-refractivity contribution in [2.24, 2.45) is 0 Å². The summed E-state index contributed by atoms with van der Waals surface area (Å²) in [6.07, 6.45) is 1.89. The molecule has 98 valence electrons. The van der Waals surface area contributed by atoms with Crippen LogP contribution >= 0.6 is 0 Å². The largest absolute Gasteiger partial charge is 0.480 e. The average molecular weight is 248 g/mol. The number of likely N-dealkylation sites (N-methyl/N-ethyl adjacent to an activating group) is 1. The molecule has 1 aromatic rings.